The topological polar surface area (TPSA) is 106 Å². The second kappa shape index (κ2) is 8.86. The van der Waals surface area contributed by atoms with Crippen LogP contribution in [0.1, 0.15) is 21.7 Å². The molecular weight excluding hydrogens is 366 g/mol. The van der Waals surface area contributed by atoms with Crippen LogP contribution in [0, 0.1) is 0 Å². The molecule has 27 heavy (non-hydrogen) atoms. The minimum atomic E-state index is -0.397. The lowest BCUT2D eigenvalue weighted by atomic mass is 10.2. The zero-order valence-corrected chi connectivity index (χ0v) is 15.3. The van der Waals surface area contributed by atoms with Crippen LogP contribution >= 0.6 is 11.3 Å². The maximum absolute atomic E-state index is 12.1. The SMILES string of the molecule is COc1cccc(CNC(=O)Cc2csc(NC(=O)c3cnccn3)n2)c1. The fourth-order valence-corrected chi connectivity index (χ4v) is 2.94. The van der Waals surface area contributed by atoms with Gasteiger partial charge in [-0.25, -0.2) is 9.97 Å². The van der Waals surface area contributed by atoms with Gasteiger partial charge >= 0.3 is 0 Å². The Morgan fingerprint density at radius 3 is 2.93 bits per heavy atom. The van der Waals surface area contributed by atoms with E-state index in [2.05, 4.69) is 25.6 Å². The first-order valence-corrected chi connectivity index (χ1v) is 8.93. The highest BCUT2D eigenvalue weighted by molar-refractivity contribution is 7.14. The molecule has 2 aromatic heterocycles. The summed E-state index contributed by atoms with van der Waals surface area (Å²) in [6.45, 7) is 0.399. The molecule has 0 fully saturated rings. The fraction of sp³-hybridized carbons (Fsp3) is 0.167. The van der Waals surface area contributed by atoms with Crippen LogP contribution in [0.25, 0.3) is 0 Å². The zero-order valence-electron chi connectivity index (χ0n) is 14.5. The van der Waals surface area contributed by atoms with Crippen molar-refractivity contribution in [1.29, 1.82) is 0 Å². The number of rotatable bonds is 7. The van der Waals surface area contributed by atoms with Gasteiger partial charge in [0.25, 0.3) is 5.91 Å². The molecule has 2 amide bonds. The van der Waals surface area contributed by atoms with Gasteiger partial charge in [0.2, 0.25) is 5.91 Å². The normalized spacial score (nSPS) is 10.3. The maximum atomic E-state index is 12.1. The maximum Gasteiger partial charge on any atom is 0.277 e. The molecule has 0 aliphatic carbocycles. The number of hydrogen-bond donors (Lipinski definition) is 2. The Morgan fingerprint density at radius 2 is 2.15 bits per heavy atom. The van der Waals surface area contributed by atoms with E-state index in [1.54, 1.807) is 12.5 Å². The Hall–Kier alpha value is -3.33. The van der Waals surface area contributed by atoms with Crippen LogP contribution in [0.5, 0.6) is 5.75 Å². The van der Waals surface area contributed by atoms with E-state index in [-0.39, 0.29) is 18.0 Å². The second-order valence-electron chi connectivity index (χ2n) is 5.49. The van der Waals surface area contributed by atoms with Crippen molar-refractivity contribution in [1.82, 2.24) is 20.3 Å². The highest BCUT2D eigenvalue weighted by Crippen LogP contribution is 2.17. The van der Waals surface area contributed by atoms with Gasteiger partial charge < -0.3 is 10.1 Å². The molecule has 9 heteroatoms. The van der Waals surface area contributed by atoms with Gasteiger partial charge in [-0.15, -0.1) is 11.3 Å². The molecule has 0 aliphatic rings. The number of aromatic nitrogens is 3. The minimum Gasteiger partial charge on any atom is -0.497 e. The molecule has 0 spiro atoms. The summed E-state index contributed by atoms with van der Waals surface area (Å²) in [5.74, 6) is 0.186. The van der Waals surface area contributed by atoms with Gasteiger partial charge in [0.1, 0.15) is 11.4 Å². The molecule has 0 radical (unpaired) electrons. The first kappa shape index (κ1) is 18.5. The number of amides is 2. The van der Waals surface area contributed by atoms with Crippen LogP contribution in [0.3, 0.4) is 0 Å². The number of carbonyl (C=O) groups excluding carboxylic acids is 2. The van der Waals surface area contributed by atoms with Crippen molar-refractivity contribution >= 4 is 28.3 Å². The molecule has 2 heterocycles. The summed E-state index contributed by atoms with van der Waals surface area (Å²) in [5, 5.41) is 7.62. The minimum absolute atomic E-state index is 0.126. The highest BCUT2D eigenvalue weighted by Gasteiger charge is 2.12. The van der Waals surface area contributed by atoms with E-state index in [0.29, 0.717) is 17.4 Å². The van der Waals surface area contributed by atoms with Crippen LogP contribution in [0.2, 0.25) is 0 Å². The van der Waals surface area contributed by atoms with Crippen molar-refractivity contribution in [3.63, 3.8) is 0 Å². The molecular formula is C18H17N5O3S. The molecule has 138 valence electrons. The largest absolute Gasteiger partial charge is 0.497 e. The number of carbonyl (C=O) groups is 2. The molecule has 3 rings (SSSR count). The second-order valence-corrected chi connectivity index (χ2v) is 6.35. The van der Waals surface area contributed by atoms with Crippen LogP contribution in [0.4, 0.5) is 5.13 Å². The number of benzene rings is 1. The molecule has 3 aromatic rings. The molecule has 0 atom stereocenters. The van der Waals surface area contributed by atoms with E-state index < -0.39 is 5.91 Å². The van der Waals surface area contributed by atoms with E-state index >= 15 is 0 Å². The van der Waals surface area contributed by atoms with E-state index in [1.165, 1.54) is 29.9 Å². The first-order valence-electron chi connectivity index (χ1n) is 8.05. The van der Waals surface area contributed by atoms with Crippen LogP contribution in [0.15, 0.2) is 48.2 Å². The van der Waals surface area contributed by atoms with Crippen molar-refractivity contribution in [2.45, 2.75) is 13.0 Å². The molecule has 0 saturated carbocycles. The molecule has 0 bridgehead atoms. The lowest BCUT2D eigenvalue weighted by Gasteiger charge is -2.06. The summed E-state index contributed by atoms with van der Waals surface area (Å²) in [4.78, 5) is 36.2. The van der Waals surface area contributed by atoms with Crippen LogP contribution in [-0.4, -0.2) is 33.9 Å². The summed E-state index contributed by atoms with van der Waals surface area (Å²) in [6.07, 6.45) is 4.43. The van der Waals surface area contributed by atoms with Gasteiger partial charge in [0.15, 0.2) is 5.13 Å². The van der Waals surface area contributed by atoms with Gasteiger partial charge in [-0.1, -0.05) is 12.1 Å². The third-order valence-electron chi connectivity index (χ3n) is 3.53. The van der Waals surface area contributed by atoms with Crippen molar-refractivity contribution in [3.8, 4) is 5.75 Å². The van der Waals surface area contributed by atoms with E-state index in [9.17, 15) is 9.59 Å². The molecule has 0 saturated heterocycles. The Labute approximate surface area is 159 Å². The number of ether oxygens (including phenoxy) is 1. The Kier molecular flexibility index (Phi) is 6.06. The number of nitrogens with one attached hydrogen (secondary N) is 2. The summed E-state index contributed by atoms with van der Waals surface area (Å²) < 4.78 is 5.16. The third kappa shape index (κ3) is 5.32. The van der Waals surface area contributed by atoms with Gasteiger partial charge in [-0.05, 0) is 17.7 Å². The average molecular weight is 383 g/mol. The van der Waals surface area contributed by atoms with Crippen molar-refractivity contribution in [2.24, 2.45) is 0 Å². The Bertz CT molecular complexity index is 930. The van der Waals surface area contributed by atoms with Gasteiger partial charge in [-0.3, -0.25) is 19.9 Å². The Balaban J connectivity index is 1.51. The zero-order chi connectivity index (χ0) is 19.1. The first-order chi connectivity index (χ1) is 13.1. The monoisotopic (exact) mass is 383 g/mol. The number of methoxy groups -OCH3 is 1. The Morgan fingerprint density at radius 1 is 1.26 bits per heavy atom. The standard InChI is InChI=1S/C18H17N5O3S/c1-26-14-4-2-3-12(7-14)9-21-16(24)8-13-11-27-18(22-13)23-17(25)15-10-19-5-6-20-15/h2-7,10-11H,8-9H2,1H3,(H,21,24)(H,22,23,25). The lowest BCUT2D eigenvalue weighted by molar-refractivity contribution is -0.120. The number of hydrogen-bond acceptors (Lipinski definition) is 7. The predicted molar refractivity (Wildman–Crippen MR) is 101 cm³/mol. The highest BCUT2D eigenvalue weighted by atomic mass is 32.1. The van der Waals surface area contributed by atoms with E-state index in [1.807, 2.05) is 24.3 Å². The van der Waals surface area contributed by atoms with Crippen molar-refractivity contribution in [3.05, 3.63) is 65.2 Å². The quantitative estimate of drug-likeness (QED) is 0.647. The summed E-state index contributed by atoms with van der Waals surface area (Å²) in [7, 11) is 1.60. The predicted octanol–water partition coefficient (Wildman–Crippen LogP) is 2.05. The van der Waals surface area contributed by atoms with Gasteiger partial charge in [0.05, 0.1) is 25.4 Å². The van der Waals surface area contributed by atoms with Gasteiger partial charge in [0, 0.05) is 24.3 Å². The third-order valence-corrected chi connectivity index (χ3v) is 4.34. The van der Waals surface area contributed by atoms with Crippen LogP contribution in [-0.2, 0) is 17.8 Å². The molecule has 8 nitrogen and oxygen atoms in total. The summed E-state index contributed by atoms with van der Waals surface area (Å²) in [5.41, 5.74) is 1.72. The average Bonchev–Trinajstić information content (AvgIpc) is 3.13. The lowest BCUT2D eigenvalue weighted by Crippen LogP contribution is -2.24. The van der Waals surface area contributed by atoms with Crippen LogP contribution < -0.4 is 15.4 Å². The van der Waals surface area contributed by atoms with Gasteiger partial charge in [-0.2, -0.15) is 0 Å². The molecule has 2 N–H and O–H groups in total. The van der Waals surface area contributed by atoms with E-state index in [4.69, 9.17) is 4.74 Å². The summed E-state index contributed by atoms with van der Waals surface area (Å²) in [6, 6.07) is 7.49. The van der Waals surface area contributed by atoms with E-state index in [0.717, 1.165) is 11.3 Å². The number of anilines is 1. The summed E-state index contributed by atoms with van der Waals surface area (Å²) >= 11 is 1.25. The molecule has 0 aliphatic heterocycles. The fourth-order valence-electron chi connectivity index (χ4n) is 2.23. The molecule has 1 aromatic carbocycles. The molecule has 0 unspecified atom stereocenters. The van der Waals surface area contributed by atoms with Crippen molar-refractivity contribution < 1.29 is 14.3 Å². The number of nitrogens with zero attached hydrogens (tertiary/aromatic N) is 3. The smallest absolute Gasteiger partial charge is 0.277 e. The number of thiazole rings is 1. The van der Waals surface area contributed by atoms with Crippen molar-refractivity contribution in [2.75, 3.05) is 12.4 Å².